The first-order valence-corrected chi connectivity index (χ1v) is 11.0. The lowest BCUT2D eigenvalue weighted by atomic mass is 10.2. The summed E-state index contributed by atoms with van der Waals surface area (Å²) in [6.07, 6.45) is -1.32. The van der Waals surface area contributed by atoms with Crippen LogP contribution in [0, 0.1) is 11.6 Å². The second-order valence-electron chi connectivity index (χ2n) is 8.24. The molecule has 2 saturated heterocycles. The highest BCUT2D eigenvalue weighted by Crippen LogP contribution is 2.31. The monoisotopic (exact) mass is 475 g/mol. The zero-order valence-corrected chi connectivity index (χ0v) is 18.8. The molecule has 34 heavy (non-hydrogen) atoms. The van der Waals surface area contributed by atoms with E-state index in [9.17, 15) is 9.59 Å². The van der Waals surface area contributed by atoms with Crippen molar-refractivity contribution in [2.45, 2.75) is 19.6 Å². The number of amides is 2. The van der Waals surface area contributed by atoms with Crippen molar-refractivity contribution < 1.29 is 27.9 Å². The molecule has 0 bridgehead atoms. The number of rotatable bonds is 6. The molecular formula is C23H27F2N5O4. The Kier molecular flexibility index (Phi) is 7.13. The lowest BCUT2D eigenvalue weighted by Gasteiger charge is -2.24. The molecule has 0 saturated carbocycles. The van der Waals surface area contributed by atoms with Gasteiger partial charge in [-0.25, -0.2) is 13.6 Å². The van der Waals surface area contributed by atoms with Crippen molar-refractivity contribution in [1.82, 2.24) is 10.4 Å². The van der Waals surface area contributed by atoms with Gasteiger partial charge in [-0.1, -0.05) is 12.1 Å². The number of carbonyl (C=O) groups excluding carboxylic acids is 2. The molecule has 1 atom stereocenters. The number of nitrogen functional groups attached to an aromatic ring is 1. The fourth-order valence-electron chi connectivity index (χ4n) is 3.97. The third kappa shape index (κ3) is 5.54. The van der Waals surface area contributed by atoms with E-state index in [0.717, 1.165) is 22.6 Å². The predicted octanol–water partition coefficient (Wildman–Crippen LogP) is 2.26. The van der Waals surface area contributed by atoms with Crippen LogP contribution < -0.4 is 20.9 Å². The van der Waals surface area contributed by atoms with Gasteiger partial charge in [0.1, 0.15) is 11.8 Å². The summed E-state index contributed by atoms with van der Waals surface area (Å²) in [5, 5.41) is 4.32. The molecule has 4 rings (SSSR count). The van der Waals surface area contributed by atoms with Crippen LogP contribution in [0.1, 0.15) is 12.5 Å². The summed E-state index contributed by atoms with van der Waals surface area (Å²) in [7, 11) is 0. The summed E-state index contributed by atoms with van der Waals surface area (Å²) in [5.74, 6) is -1.82. The van der Waals surface area contributed by atoms with Gasteiger partial charge in [0.05, 0.1) is 25.4 Å². The van der Waals surface area contributed by atoms with Gasteiger partial charge < -0.3 is 20.7 Å². The Bertz CT molecular complexity index is 1030. The van der Waals surface area contributed by atoms with E-state index < -0.39 is 23.8 Å². The molecule has 11 heteroatoms. The number of nitrogens with zero attached hydrogens (tertiary/aromatic N) is 3. The lowest BCUT2D eigenvalue weighted by molar-refractivity contribution is -0.154. The predicted molar refractivity (Wildman–Crippen MR) is 122 cm³/mol. The van der Waals surface area contributed by atoms with Crippen LogP contribution in [0.2, 0.25) is 0 Å². The summed E-state index contributed by atoms with van der Waals surface area (Å²) in [5.41, 5.74) is 7.30. The number of nitrogens with two attached hydrogens (primary N) is 1. The van der Waals surface area contributed by atoms with Gasteiger partial charge >= 0.3 is 6.09 Å². The maximum atomic E-state index is 15.1. The van der Waals surface area contributed by atoms with Gasteiger partial charge in [-0.05, 0) is 17.7 Å². The van der Waals surface area contributed by atoms with Crippen molar-refractivity contribution in [1.29, 1.82) is 0 Å². The van der Waals surface area contributed by atoms with Crippen LogP contribution in [0.15, 0.2) is 36.4 Å². The first-order valence-electron chi connectivity index (χ1n) is 11.0. The normalized spacial score (nSPS) is 19.1. The molecule has 2 aliphatic heterocycles. The molecule has 0 aromatic heterocycles. The number of carbonyl (C=O) groups is 2. The fourth-order valence-corrected chi connectivity index (χ4v) is 3.97. The van der Waals surface area contributed by atoms with Crippen LogP contribution in [0.5, 0.6) is 0 Å². The Morgan fingerprint density at radius 1 is 1.15 bits per heavy atom. The van der Waals surface area contributed by atoms with Crippen LogP contribution in [-0.4, -0.2) is 62.5 Å². The molecule has 0 radical (unpaired) electrons. The molecule has 0 aliphatic carbocycles. The number of hydrogen-bond donors (Lipinski definition) is 2. The summed E-state index contributed by atoms with van der Waals surface area (Å²) in [6.45, 7) is 3.43. The number of benzene rings is 2. The smallest absolute Gasteiger partial charge is 0.414 e. The van der Waals surface area contributed by atoms with E-state index in [4.69, 9.17) is 15.3 Å². The first kappa shape index (κ1) is 23.7. The van der Waals surface area contributed by atoms with Crippen molar-refractivity contribution >= 4 is 29.1 Å². The molecule has 2 aliphatic rings. The maximum Gasteiger partial charge on any atom is 0.414 e. The van der Waals surface area contributed by atoms with E-state index in [-0.39, 0.29) is 37.0 Å². The Hall–Kier alpha value is -3.44. The van der Waals surface area contributed by atoms with E-state index in [1.807, 2.05) is 24.3 Å². The minimum Gasteiger partial charge on any atom is -0.442 e. The summed E-state index contributed by atoms with van der Waals surface area (Å²) in [4.78, 5) is 31.8. The van der Waals surface area contributed by atoms with Crippen LogP contribution >= 0.6 is 0 Å². The van der Waals surface area contributed by atoms with Gasteiger partial charge in [0.25, 0.3) is 0 Å². The largest absolute Gasteiger partial charge is 0.442 e. The molecule has 0 unspecified atom stereocenters. The van der Waals surface area contributed by atoms with E-state index in [1.54, 1.807) is 9.96 Å². The molecule has 182 valence electrons. The Morgan fingerprint density at radius 3 is 2.53 bits per heavy atom. The first-order chi connectivity index (χ1) is 16.3. The highest BCUT2D eigenvalue weighted by molar-refractivity contribution is 5.90. The third-order valence-electron chi connectivity index (χ3n) is 5.68. The quantitative estimate of drug-likeness (QED) is 0.619. The van der Waals surface area contributed by atoms with Crippen molar-refractivity contribution in [3.63, 3.8) is 0 Å². The molecule has 0 spiro atoms. The molecule has 2 aromatic rings. The van der Waals surface area contributed by atoms with Crippen LogP contribution in [-0.2, 0) is 20.9 Å². The highest BCUT2D eigenvalue weighted by atomic mass is 19.1. The summed E-state index contributed by atoms with van der Waals surface area (Å²) in [6, 6.07) is 9.68. The maximum absolute atomic E-state index is 15.1. The van der Waals surface area contributed by atoms with E-state index in [2.05, 4.69) is 5.32 Å². The van der Waals surface area contributed by atoms with Gasteiger partial charge in [-0.3, -0.25) is 14.5 Å². The van der Waals surface area contributed by atoms with Crippen LogP contribution in [0.3, 0.4) is 0 Å². The fraction of sp³-hybridized carbons (Fsp3) is 0.391. The Balaban J connectivity index is 1.42. The number of nitrogens with one attached hydrogen (secondary N) is 1. The van der Waals surface area contributed by atoms with Crippen molar-refractivity contribution in [2.24, 2.45) is 0 Å². The number of hydroxylamine groups is 2. The zero-order chi connectivity index (χ0) is 24.2. The lowest BCUT2D eigenvalue weighted by Crippen LogP contribution is -2.33. The van der Waals surface area contributed by atoms with Crippen LogP contribution in [0.25, 0.3) is 0 Å². The van der Waals surface area contributed by atoms with Gasteiger partial charge in [-0.15, -0.1) is 0 Å². The number of cyclic esters (lactones) is 1. The second kappa shape index (κ2) is 10.2. The van der Waals surface area contributed by atoms with E-state index >= 15 is 8.78 Å². The molecule has 2 amide bonds. The van der Waals surface area contributed by atoms with Gasteiger partial charge in [0, 0.05) is 50.9 Å². The Morgan fingerprint density at radius 2 is 1.85 bits per heavy atom. The number of anilines is 3. The summed E-state index contributed by atoms with van der Waals surface area (Å²) >= 11 is 0. The highest BCUT2D eigenvalue weighted by Gasteiger charge is 2.34. The topological polar surface area (TPSA) is 100 Å². The third-order valence-corrected chi connectivity index (χ3v) is 5.68. The van der Waals surface area contributed by atoms with Crippen molar-refractivity contribution in [3.8, 4) is 0 Å². The molecular weight excluding hydrogens is 448 g/mol. The number of halogens is 2. The zero-order valence-electron chi connectivity index (χ0n) is 18.8. The summed E-state index contributed by atoms with van der Waals surface area (Å²) < 4.78 is 35.3. The average Bonchev–Trinajstić information content (AvgIpc) is 3.01. The van der Waals surface area contributed by atoms with Crippen LogP contribution in [0.4, 0.5) is 30.6 Å². The minimum atomic E-state index is -0.778. The number of hydrogen-bond acceptors (Lipinski definition) is 7. The SMILES string of the molecule is CC(=O)NC[C@H]1CN(c2cc(F)c(N3CCON(Cc4ccc(N)cc4)CC3)c(F)c2)C(=O)O1. The Labute approximate surface area is 195 Å². The van der Waals surface area contributed by atoms with Gasteiger partial charge in [0.15, 0.2) is 11.6 Å². The van der Waals surface area contributed by atoms with E-state index in [0.29, 0.717) is 31.9 Å². The van der Waals surface area contributed by atoms with E-state index in [1.165, 1.54) is 6.92 Å². The van der Waals surface area contributed by atoms with Crippen molar-refractivity contribution in [3.05, 3.63) is 53.6 Å². The number of ether oxygens (including phenoxy) is 1. The molecule has 2 aromatic carbocycles. The van der Waals surface area contributed by atoms with Crippen molar-refractivity contribution in [2.75, 3.05) is 54.9 Å². The second-order valence-corrected chi connectivity index (χ2v) is 8.24. The van der Waals surface area contributed by atoms with Gasteiger partial charge in [0.2, 0.25) is 5.91 Å². The molecule has 2 heterocycles. The molecule has 9 nitrogen and oxygen atoms in total. The standard InChI is InChI=1S/C23H27F2N5O4/c1-15(31)27-12-19-14-30(23(32)34-19)18-10-20(24)22(21(25)11-18)28-6-7-29(33-9-8-28)13-16-2-4-17(26)5-3-16/h2-5,10-11,19H,6-9,12-14,26H2,1H3,(H,27,31)/t19-/m0/s1. The average molecular weight is 475 g/mol. The molecule has 3 N–H and O–H groups in total. The van der Waals surface area contributed by atoms with Gasteiger partial charge in [-0.2, -0.15) is 5.06 Å². The molecule has 2 fully saturated rings. The minimum absolute atomic E-state index is 0.0603.